The monoisotopic (exact) mass is 383 g/mol. The molecule has 3 rings (SSSR count). The van der Waals surface area contributed by atoms with E-state index in [1.165, 1.54) is 12.1 Å². The fourth-order valence-electron chi connectivity index (χ4n) is 3.94. The highest BCUT2D eigenvalue weighted by molar-refractivity contribution is 5.80. The van der Waals surface area contributed by atoms with Crippen LogP contribution in [0.5, 0.6) is 0 Å². The van der Waals surface area contributed by atoms with Gasteiger partial charge in [-0.2, -0.15) is 13.2 Å². The van der Waals surface area contributed by atoms with Gasteiger partial charge in [-0.05, 0) is 24.5 Å². The summed E-state index contributed by atoms with van der Waals surface area (Å²) >= 11 is 0. The molecule has 2 heterocycles. The third-order valence-corrected chi connectivity index (χ3v) is 5.79. The number of rotatable bonds is 3. The second-order valence-corrected chi connectivity index (χ2v) is 8.34. The number of guanidine groups is 1. The number of ether oxygens (including phenoxy) is 1. The van der Waals surface area contributed by atoms with Crippen LogP contribution in [0.25, 0.3) is 0 Å². The molecule has 2 fully saturated rings. The first-order valence-corrected chi connectivity index (χ1v) is 9.36. The minimum Gasteiger partial charge on any atom is -0.381 e. The Bertz CT molecular complexity index is 694. The van der Waals surface area contributed by atoms with Crippen LogP contribution in [0, 0.1) is 5.41 Å². The highest BCUT2D eigenvalue weighted by Gasteiger charge is 2.42. The molecule has 1 N–H and O–H groups in total. The minimum atomic E-state index is -4.33. The molecule has 7 heteroatoms. The SMILES string of the molecule is CN=C(NCC(C)(C)c1cccc(C(F)(F)F)c1)N1CCC2(CCOC2)C1. The smallest absolute Gasteiger partial charge is 0.381 e. The minimum absolute atomic E-state index is 0.230. The molecule has 0 aromatic heterocycles. The summed E-state index contributed by atoms with van der Waals surface area (Å²) < 4.78 is 44.6. The number of halogens is 3. The van der Waals surface area contributed by atoms with Crippen molar-refractivity contribution in [3.05, 3.63) is 35.4 Å². The van der Waals surface area contributed by atoms with E-state index in [9.17, 15) is 13.2 Å². The molecule has 27 heavy (non-hydrogen) atoms. The molecule has 0 saturated carbocycles. The Labute approximate surface area is 158 Å². The summed E-state index contributed by atoms with van der Waals surface area (Å²) in [5, 5.41) is 3.37. The van der Waals surface area contributed by atoms with Gasteiger partial charge in [0, 0.05) is 44.1 Å². The molecule has 2 aliphatic heterocycles. The number of aliphatic imine (C=N–C) groups is 1. The molecule has 0 amide bonds. The van der Waals surface area contributed by atoms with Crippen LogP contribution in [0.3, 0.4) is 0 Å². The van der Waals surface area contributed by atoms with Crippen LogP contribution in [-0.4, -0.2) is 50.8 Å². The van der Waals surface area contributed by atoms with Gasteiger partial charge in [0.2, 0.25) is 0 Å². The molecule has 1 aromatic rings. The topological polar surface area (TPSA) is 36.9 Å². The van der Waals surface area contributed by atoms with E-state index < -0.39 is 17.2 Å². The molecular weight excluding hydrogens is 355 g/mol. The van der Waals surface area contributed by atoms with Gasteiger partial charge in [-0.3, -0.25) is 4.99 Å². The lowest BCUT2D eigenvalue weighted by atomic mass is 9.84. The third kappa shape index (κ3) is 4.39. The number of nitrogens with one attached hydrogen (secondary N) is 1. The van der Waals surface area contributed by atoms with Crippen molar-refractivity contribution in [2.75, 3.05) is 39.9 Å². The first-order valence-electron chi connectivity index (χ1n) is 9.36. The second-order valence-electron chi connectivity index (χ2n) is 8.34. The summed E-state index contributed by atoms with van der Waals surface area (Å²) in [7, 11) is 1.75. The standard InChI is InChI=1S/C20H28F3N3O/c1-18(2,15-5-4-6-16(11-15)20(21,22)23)12-25-17(24-3)26-9-7-19(13-26)8-10-27-14-19/h4-6,11H,7-10,12-14H2,1-3H3,(H,24,25). The summed E-state index contributed by atoms with van der Waals surface area (Å²) in [6.45, 7) is 7.85. The van der Waals surface area contributed by atoms with Gasteiger partial charge in [-0.1, -0.05) is 32.0 Å². The average molecular weight is 383 g/mol. The molecule has 1 unspecified atom stereocenters. The first kappa shape index (κ1) is 20.0. The summed E-state index contributed by atoms with van der Waals surface area (Å²) in [6, 6.07) is 5.57. The van der Waals surface area contributed by atoms with Crippen molar-refractivity contribution in [3.63, 3.8) is 0 Å². The molecule has 150 valence electrons. The normalized spacial score (nSPS) is 24.1. The molecule has 1 atom stereocenters. The van der Waals surface area contributed by atoms with Crippen LogP contribution in [0.1, 0.15) is 37.8 Å². The van der Waals surface area contributed by atoms with Gasteiger partial charge >= 0.3 is 6.18 Å². The van der Waals surface area contributed by atoms with Crippen molar-refractivity contribution in [1.82, 2.24) is 10.2 Å². The Kier molecular flexibility index (Phi) is 5.43. The molecular formula is C20H28F3N3O. The average Bonchev–Trinajstić information content (AvgIpc) is 3.25. The van der Waals surface area contributed by atoms with Gasteiger partial charge < -0.3 is 15.0 Å². The summed E-state index contributed by atoms with van der Waals surface area (Å²) in [4.78, 5) is 6.62. The van der Waals surface area contributed by atoms with Gasteiger partial charge in [0.15, 0.2) is 5.96 Å². The highest BCUT2D eigenvalue weighted by atomic mass is 19.4. The zero-order chi connectivity index (χ0) is 19.7. The zero-order valence-electron chi connectivity index (χ0n) is 16.2. The van der Waals surface area contributed by atoms with Crippen LogP contribution in [0.4, 0.5) is 13.2 Å². The molecule has 4 nitrogen and oxygen atoms in total. The Morgan fingerprint density at radius 3 is 2.63 bits per heavy atom. The predicted molar refractivity (Wildman–Crippen MR) is 99.9 cm³/mol. The van der Waals surface area contributed by atoms with Crippen LogP contribution in [0.15, 0.2) is 29.3 Å². The largest absolute Gasteiger partial charge is 0.416 e. The second kappa shape index (κ2) is 7.34. The van der Waals surface area contributed by atoms with Gasteiger partial charge in [0.1, 0.15) is 0 Å². The zero-order valence-corrected chi connectivity index (χ0v) is 16.2. The maximum absolute atomic E-state index is 13.0. The highest BCUT2D eigenvalue weighted by Crippen LogP contribution is 2.38. The third-order valence-electron chi connectivity index (χ3n) is 5.79. The van der Waals surface area contributed by atoms with E-state index in [-0.39, 0.29) is 5.41 Å². The fraction of sp³-hybridized carbons (Fsp3) is 0.650. The molecule has 1 spiro atoms. The van der Waals surface area contributed by atoms with Crippen LogP contribution >= 0.6 is 0 Å². The van der Waals surface area contributed by atoms with E-state index in [4.69, 9.17) is 4.74 Å². The number of alkyl halides is 3. The van der Waals surface area contributed by atoms with Gasteiger partial charge in [-0.15, -0.1) is 0 Å². The van der Waals surface area contributed by atoms with Crippen LogP contribution < -0.4 is 5.32 Å². The van der Waals surface area contributed by atoms with Crippen molar-refractivity contribution in [2.45, 2.75) is 38.3 Å². The van der Waals surface area contributed by atoms with Crippen molar-refractivity contribution < 1.29 is 17.9 Å². The Morgan fingerprint density at radius 1 is 1.26 bits per heavy atom. The predicted octanol–water partition coefficient (Wildman–Crippen LogP) is 3.67. The Morgan fingerprint density at radius 2 is 2.00 bits per heavy atom. The molecule has 0 aliphatic carbocycles. The van der Waals surface area contributed by atoms with Crippen molar-refractivity contribution in [3.8, 4) is 0 Å². The van der Waals surface area contributed by atoms with Gasteiger partial charge in [-0.25, -0.2) is 0 Å². The lowest BCUT2D eigenvalue weighted by Gasteiger charge is -2.30. The lowest BCUT2D eigenvalue weighted by Crippen LogP contribution is -2.45. The quantitative estimate of drug-likeness (QED) is 0.639. The van der Waals surface area contributed by atoms with Crippen LogP contribution in [0.2, 0.25) is 0 Å². The Balaban J connectivity index is 1.65. The van der Waals surface area contributed by atoms with E-state index in [0.29, 0.717) is 12.1 Å². The maximum atomic E-state index is 13.0. The van der Waals surface area contributed by atoms with E-state index in [1.54, 1.807) is 13.1 Å². The van der Waals surface area contributed by atoms with Crippen molar-refractivity contribution in [1.29, 1.82) is 0 Å². The number of likely N-dealkylation sites (tertiary alicyclic amines) is 1. The van der Waals surface area contributed by atoms with Gasteiger partial charge in [0.25, 0.3) is 0 Å². The number of hydrogen-bond acceptors (Lipinski definition) is 2. The van der Waals surface area contributed by atoms with Crippen molar-refractivity contribution >= 4 is 5.96 Å². The fourth-order valence-corrected chi connectivity index (χ4v) is 3.94. The van der Waals surface area contributed by atoms with Crippen molar-refractivity contribution in [2.24, 2.45) is 10.4 Å². The molecule has 1 aromatic carbocycles. The van der Waals surface area contributed by atoms with E-state index in [0.717, 1.165) is 51.2 Å². The summed E-state index contributed by atoms with van der Waals surface area (Å²) in [5.41, 5.74) is -0.193. The molecule has 2 saturated heterocycles. The van der Waals surface area contributed by atoms with Crippen LogP contribution in [-0.2, 0) is 16.3 Å². The molecule has 0 bridgehead atoms. The Hall–Kier alpha value is -1.76. The summed E-state index contributed by atoms with van der Waals surface area (Å²) in [6.07, 6.45) is -2.16. The lowest BCUT2D eigenvalue weighted by molar-refractivity contribution is -0.137. The summed E-state index contributed by atoms with van der Waals surface area (Å²) in [5.74, 6) is 0.804. The maximum Gasteiger partial charge on any atom is 0.416 e. The number of nitrogens with zero attached hydrogens (tertiary/aromatic N) is 2. The first-order chi connectivity index (χ1) is 12.7. The molecule has 2 aliphatic rings. The van der Waals surface area contributed by atoms with Gasteiger partial charge in [0.05, 0.1) is 12.2 Å². The number of benzene rings is 1. The van der Waals surface area contributed by atoms with E-state index >= 15 is 0 Å². The molecule has 0 radical (unpaired) electrons. The number of hydrogen-bond donors (Lipinski definition) is 1. The van der Waals surface area contributed by atoms with E-state index in [1.807, 2.05) is 13.8 Å². The van der Waals surface area contributed by atoms with E-state index in [2.05, 4.69) is 15.2 Å².